The van der Waals surface area contributed by atoms with Crippen molar-refractivity contribution in [1.29, 1.82) is 0 Å². The van der Waals surface area contributed by atoms with E-state index in [1.54, 1.807) is 23.3 Å². The molecule has 6 heteroatoms. The van der Waals surface area contributed by atoms with E-state index < -0.39 is 11.8 Å². The number of nitrogens with two attached hydrogens (primary N) is 1. The summed E-state index contributed by atoms with van der Waals surface area (Å²) in [6, 6.07) is 4.57. The molecule has 1 aromatic heterocycles. The number of rotatable bonds is 4. The fourth-order valence-corrected chi connectivity index (χ4v) is 2.53. The zero-order valence-corrected chi connectivity index (χ0v) is 11.1. The highest BCUT2D eigenvalue weighted by Crippen LogP contribution is 2.28. The highest BCUT2D eigenvalue weighted by Gasteiger charge is 2.20. The Morgan fingerprint density at radius 1 is 1.47 bits per heavy atom. The van der Waals surface area contributed by atoms with Crippen LogP contribution in [0.2, 0.25) is 0 Å². The standard InChI is InChI=1S/C13H13FN2O2S/c1-16(6-8-4-5-19-7-8)10-3-2-9(14)12(15)11(10)13(17)18/h2-5,7H,6,15H2,1H3,(H,17,18). The molecule has 0 aliphatic rings. The van der Waals surface area contributed by atoms with Crippen LogP contribution in [0, 0.1) is 5.82 Å². The van der Waals surface area contributed by atoms with Crippen molar-refractivity contribution in [3.8, 4) is 0 Å². The Balaban J connectivity index is 2.38. The lowest BCUT2D eigenvalue weighted by molar-refractivity contribution is 0.0698. The normalized spacial score (nSPS) is 10.4. The molecule has 0 fully saturated rings. The highest BCUT2D eigenvalue weighted by atomic mass is 32.1. The molecule has 100 valence electrons. The lowest BCUT2D eigenvalue weighted by atomic mass is 10.1. The fourth-order valence-electron chi connectivity index (χ4n) is 1.87. The minimum Gasteiger partial charge on any atom is -0.478 e. The monoisotopic (exact) mass is 280 g/mol. The van der Waals surface area contributed by atoms with Gasteiger partial charge in [0.05, 0.1) is 11.4 Å². The molecule has 1 heterocycles. The zero-order valence-electron chi connectivity index (χ0n) is 10.3. The first-order valence-electron chi connectivity index (χ1n) is 5.54. The number of benzene rings is 1. The van der Waals surface area contributed by atoms with Crippen molar-refractivity contribution in [2.75, 3.05) is 17.7 Å². The molecule has 19 heavy (non-hydrogen) atoms. The van der Waals surface area contributed by atoms with Gasteiger partial charge in [-0.1, -0.05) is 0 Å². The molecule has 0 saturated carbocycles. The van der Waals surface area contributed by atoms with E-state index in [0.29, 0.717) is 12.2 Å². The molecule has 3 N–H and O–H groups in total. The summed E-state index contributed by atoms with van der Waals surface area (Å²) >= 11 is 1.57. The maximum atomic E-state index is 13.4. The minimum atomic E-state index is -1.23. The van der Waals surface area contributed by atoms with Gasteiger partial charge in [0, 0.05) is 13.6 Å². The third-order valence-electron chi connectivity index (χ3n) is 2.80. The molecule has 0 atom stereocenters. The van der Waals surface area contributed by atoms with E-state index in [9.17, 15) is 14.3 Å². The van der Waals surface area contributed by atoms with Crippen LogP contribution in [0.15, 0.2) is 29.0 Å². The first-order chi connectivity index (χ1) is 9.00. The molecule has 4 nitrogen and oxygen atoms in total. The summed E-state index contributed by atoms with van der Waals surface area (Å²) in [7, 11) is 1.75. The van der Waals surface area contributed by atoms with Crippen LogP contribution in [0.5, 0.6) is 0 Å². The summed E-state index contributed by atoms with van der Waals surface area (Å²) in [5, 5.41) is 13.1. The molecule has 0 aliphatic carbocycles. The van der Waals surface area contributed by atoms with Crippen molar-refractivity contribution in [2.45, 2.75) is 6.54 Å². The number of aromatic carboxylic acids is 1. The third kappa shape index (κ3) is 2.68. The van der Waals surface area contributed by atoms with Crippen LogP contribution in [0.25, 0.3) is 0 Å². The summed E-state index contributed by atoms with van der Waals surface area (Å²) in [5.74, 6) is -1.95. The number of carboxylic acid groups (broad SMARTS) is 1. The van der Waals surface area contributed by atoms with Gasteiger partial charge in [-0.3, -0.25) is 0 Å². The van der Waals surface area contributed by atoms with Crippen molar-refractivity contribution < 1.29 is 14.3 Å². The van der Waals surface area contributed by atoms with Crippen LogP contribution < -0.4 is 10.6 Å². The molecule has 0 unspecified atom stereocenters. The predicted molar refractivity (Wildman–Crippen MR) is 74.2 cm³/mol. The zero-order chi connectivity index (χ0) is 14.0. The summed E-state index contributed by atoms with van der Waals surface area (Å²) in [5.41, 5.74) is 6.45. The van der Waals surface area contributed by atoms with Gasteiger partial charge in [0.2, 0.25) is 0 Å². The third-order valence-corrected chi connectivity index (χ3v) is 3.53. The van der Waals surface area contributed by atoms with E-state index >= 15 is 0 Å². The molecule has 2 rings (SSSR count). The highest BCUT2D eigenvalue weighted by molar-refractivity contribution is 7.07. The van der Waals surface area contributed by atoms with Crippen molar-refractivity contribution in [1.82, 2.24) is 0 Å². The number of thiophene rings is 1. The second kappa shape index (κ2) is 5.27. The van der Waals surface area contributed by atoms with Crippen LogP contribution in [0.4, 0.5) is 15.8 Å². The Morgan fingerprint density at radius 3 is 2.79 bits per heavy atom. The van der Waals surface area contributed by atoms with Gasteiger partial charge in [0.25, 0.3) is 0 Å². The van der Waals surface area contributed by atoms with Crippen molar-refractivity contribution in [3.05, 3.63) is 45.9 Å². The lowest BCUT2D eigenvalue weighted by Crippen LogP contribution is -2.20. The van der Waals surface area contributed by atoms with E-state index in [0.717, 1.165) is 5.56 Å². The van der Waals surface area contributed by atoms with E-state index in [1.807, 2.05) is 16.8 Å². The summed E-state index contributed by atoms with van der Waals surface area (Å²) in [4.78, 5) is 13.0. The van der Waals surface area contributed by atoms with Gasteiger partial charge in [-0.15, -0.1) is 0 Å². The van der Waals surface area contributed by atoms with Crippen molar-refractivity contribution in [3.63, 3.8) is 0 Å². The quantitative estimate of drug-likeness (QED) is 0.845. The van der Waals surface area contributed by atoms with Gasteiger partial charge in [0.15, 0.2) is 0 Å². The summed E-state index contributed by atoms with van der Waals surface area (Å²) in [6.45, 7) is 0.537. The minimum absolute atomic E-state index is 0.197. The topological polar surface area (TPSA) is 66.6 Å². The van der Waals surface area contributed by atoms with Gasteiger partial charge in [-0.05, 0) is 34.5 Å². The lowest BCUT2D eigenvalue weighted by Gasteiger charge is -2.21. The van der Waals surface area contributed by atoms with E-state index in [4.69, 9.17) is 5.73 Å². The smallest absolute Gasteiger partial charge is 0.340 e. The maximum Gasteiger partial charge on any atom is 0.340 e. The van der Waals surface area contributed by atoms with E-state index in [-0.39, 0.29) is 11.3 Å². The first-order valence-corrected chi connectivity index (χ1v) is 6.48. The van der Waals surface area contributed by atoms with Gasteiger partial charge in [-0.25, -0.2) is 9.18 Å². The van der Waals surface area contributed by atoms with Gasteiger partial charge in [-0.2, -0.15) is 11.3 Å². The number of hydrogen-bond acceptors (Lipinski definition) is 4. The second-order valence-electron chi connectivity index (χ2n) is 4.15. The Kier molecular flexibility index (Phi) is 3.71. The molecule has 0 spiro atoms. The van der Waals surface area contributed by atoms with Crippen molar-refractivity contribution in [2.24, 2.45) is 0 Å². The maximum absolute atomic E-state index is 13.4. The second-order valence-corrected chi connectivity index (χ2v) is 4.93. The van der Waals surface area contributed by atoms with Crippen LogP contribution in [0.3, 0.4) is 0 Å². The largest absolute Gasteiger partial charge is 0.478 e. The molecule has 1 aromatic carbocycles. The molecule has 0 radical (unpaired) electrons. The number of nitrogens with zero attached hydrogens (tertiary/aromatic N) is 1. The Hall–Kier alpha value is -2.08. The summed E-state index contributed by atoms with van der Waals surface area (Å²) in [6.07, 6.45) is 0. The average molecular weight is 280 g/mol. The average Bonchev–Trinajstić information content (AvgIpc) is 2.84. The van der Waals surface area contributed by atoms with E-state index in [2.05, 4.69) is 0 Å². The molecule has 0 amide bonds. The predicted octanol–water partition coefficient (Wildman–Crippen LogP) is 2.80. The van der Waals surface area contributed by atoms with Crippen LogP contribution in [-0.2, 0) is 6.54 Å². The number of carboxylic acids is 1. The molecule has 2 aromatic rings. The number of nitrogen functional groups attached to an aromatic ring is 1. The van der Waals surface area contributed by atoms with Gasteiger partial charge >= 0.3 is 5.97 Å². The molecular weight excluding hydrogens is 267 g/mol. The van der Waals surface area contributed by atoms with E-state index in [1.165, 1.54) is 12.1 Å². The number of anilines is 2. The van der Waals surface area contributed by atoms with Crippen molar-refractivity contribution >= 4 is 28.7 Å². The Labute approximate surface area is 113 Å². The van der Waals surface area contributed by atoms with Crippen LogP contribution in [-0.4, -0.2) is 18.1 Å². The number of carbonyl (C=O) groups is 1. The van der Waals surface area contributed by atoms with Gasteiger partial charge < -0.3 is 15.7 Å². The van der Waals surface area contributed by atoms with Crippen LogP contribution >= 0.6 is 11.3 Å². The first kappa shape index (κ1) is 13.4. The number of halogens is 1. The SMILES string of the molecule is CN(Cc1ccsc1)c1ccc(F)c(N)c1C(=O)O. The molecular formula is C13H13FN2O2S. The fraction of sp³-hybridized carbons (Fsp3) is 0.154. The number of hydrogen-bond donors (Lipinski definition) is 2. The summed E-state index contributed by atoms with van der Waals surface area (Å²) < 4.78 is 13.4. The van der Waals surface area contributed by atoms with Crippen LogP contribution in [0.1, 0.15) is 15.9 Å². The molecule has 0 bridgehead atoms. The molecule has 0 aliphatic heterocycles. The Bertz CT molecular complexity index is 599. The molecule has 0 saturated heterocycles. The van der Waals surface area contributed by atoms with Gasteiger partial charge in [0.1, 0.15) is 11.4 Å². The Morgan fingerprint density at radius 2 is 2.21 bits per heavy atom.